The van der Waals surface area contributed by atoms with Crippen LogP contribution in [0.2, 0.25) is 0 Å². The Bertz CT molecular complexity index is 692. The Labute approximate surface area is 143 Å². The maximum atomic E-state index is 12.1. The Balaban J connectivity index is 2.83. The van der Waals surface area contributed by atoms with Crippen LogP contribution in [0.1, 0.15) is 18.1 Å². The molecular formula is C15H19N5O5. The van der Waals surface area contributed by atoms with Crippen LogP contribution in [0.5, 0.6) is 0 Å². The molecule has 0 aliphatic heterocycles. The van der Waals surface area contributed by atoms with E-state index in [1.54, 1.807) is 31.2 Å². The zero-order valence-electron chi connectivity index (χ0n) is 13.5. The first-order valence-electron chi connectivity index (χ1n) is 7.13. The molecule has 0 aromatic heterocycles. The monoisotopic (exact) mass is 349 g/mol. The van der Waals surface area contributed by atoms with Crippen molar-refractivity contribution in [2.24, 2.45) is 21.7 Å². The number of nitrogens with zero attached hydrogens (tertiary/aromatic N) is 3. The third-order valence-corrected chi connectivity index (χ3v) is 2.93. The van der Waals surface area contributed by atoms with Crippen molar-refractivity contribution in [3.05, 3.63) is 35.4 Å². The van der Waals surface area contributed by atoms with Gasteiger partial charge in [-0.2, -0.15) is 0 Å². The van der Waals surface area contributed by atoms with Gasteiger partial charge in [-0.25, -0.2) is 0 Å². The van der Waals surface area contributed by atoms with Gasteiger partial charge in [0.25, 0.3) is 0 Å². The number of carboxylic acids is 2. The lowest BCUT2D eigenvalue weighted by Gasteiger charge is -2.18. The second kappa shape index (κ2) is 9.01. The molecule has 0 fully saturated rings. The normalized spacial score (nSPS) is 11.9. The Hall–Kier alpha value is -3.43. The first kappa shape index (κ1) is 19.6. The first-order valence-corrected chi connectivity index (χ1v) is 7.13. The summed E-state index contributed by atoms with van der Waals surface area (Å²) in [5.41, 5.74) is 12.2. The molecule has 10 heteroatoms. The second-order valence-corrected chi connectivity index (χ2v) is 5.14. The molecule has 0 bridgehead atoms. The molecular weight excluding hydrogens is 330 g/mol. The third kappa shape index (κ3) is 7.12. The predicted octanol–water partition coefficient (Wildman–Crippen LogP) is -0.776. The van der Waals surface area contributed by atoms with E-state index in [4.69, 9.17) is 21.7 Å². The Morgan fingerprint density at radius 1 is 1.00 bits per heavy atom. The topological polar surface area (TPSA) is 172 Å². The summed E-state index contributed by atoms with van der Waals surface area (Å²) in [5.74, 6) is -2.79. The molecule has 0 saturated heterocycles. The third-order valence-electron chi connectivity index (χ3n) is 2.93. The van der Waals surface area contributed by atoms with Crippen LogP contribution in [0.25, 0.3) is 0 Å². The maximum absolute atomic E-state index is 12.1. The van der Waals surface area contributed by atoms with Gasteiger partial charge in [0.15, 0.2) is 5.84 Å². The van der Waals surface area contributed by atoms with Gasteiger partial charge in [0.1, 0.15) is 18.9 Å². The van der Waals surface area contributed by atoms with E-state index in [1.807, 2.05) is 0 Å². The number of amides is 1. The van der Waals surface area contributed by atoms with Crippen molar-refractivity contribution in [2.45, 2.75) is 13.3 Å². The van der Waals surface area contributed by atoms with Gasteiger partial charge in [-0.05, 0) is 12.5 Å². The number of rotatable bonds is 8. The van der Waals surface area contributed by atoms with Crippen molar-refractivity contribution in [3.63, 3.8) is 0 Å². The Kier molecular flexibility index (Phi) is 7.07. The summed E-state index contributed by atoms with van der Waals surface area (Å²) in [6.07, 6.45) is -0.141. The smallest absolute Gasteiger partial charge is 0.323 e. The molecule has 134 valence electrons. The standard InChI is InChI=1S/C15H19N5O5/c1-9(16)18-19-15(17)11-4-2-10(3-5-11)6-12(21)20(7-13(22)23)8-14(24)25/h2-5H,6-8H2,1H3,(H2,16,18)(H2,17,19)(H,22,23)(H,24,25). The van der Waals surface area contributed by atoms with Crippen LogP contribution in [0.4, 0.5) is 0 Å². The summed E-state index contributed by atoms with van der Waals surface area (Å²) in [6.45, 7) is 0.198. The largest absolute Gasteiger partial charge is 0.480 e. The molecule has 0 unspecified atom stereocenters. The molecule has 0 atom stereocenters. The fourth-order valence-corrected chi connectivity index (χ4v) is 1.83. The van der Waals surface area contributed by atoms with E-state index in [0.717, 1.165) is 4.90 Å². The van der Waals surface area contributed by atoms with Crippen LogP contribution < -0.4 is 11.5 Å². The van der Waals surface area contributed by atoms with Crippen LogP contribution in [-0.2, 0) is 20.8 Å². The van der Waals surface area contributed by atoms with Crippen LogP contribution in [-0.4, -0.2) is 57.7 Å². The van der Waals surface area contributed by atoms with Gasteiger partial charge in [-0.15, -0.1) is 10.2 Å². The van der Waals surface area contributed by atoms with Gasteiger partial charge in [0.2, 0.25) is 5.91 Å². The summed E-state index contributed by atoms with van der Waals surface area (Å²) in [6, 6.07) is 6.44. The average Bonchev–Trinajstić information content (AvgIpc) is 2.51. The van der Waals surface area contributed by atoms with Gasteiger partial charge in [-0.1, -0.05) is 24.3 Å². The number of carbonyl (C=O) groups excluding carboxylic acids is 1. The highest BCUT2D eigenvalue weighted by Gasteiger charge is 2.19. The summed E-state index contributed by atoms with van der Waals surface area (Å²) < 4.78 is 0. The number of hydrogen-bond donors (Lipinski definition) is 4. The molecule has 10 nitrogen and oxygen atoms in total. The number of carbonyl (C=O) groups is 3. The molecule has 0 aliphatic carbocycles. The van der Waals surface area contributed by atoms with Crippen LogP contribution in [0, 0.1) is 0 Å². The van der Waals surface area contributed by atoms with Crippen molar-refractivity contribution < 1.29 is 24.6 Å². The van der Waals surface area contributed by atoms with Gasteiger partial charge < -0.3 is 26.6 Å². The number of benzene rings is 1. The van der Waals surface area contributed by atoms with Gasteiger partial charge in [0.05, 0.1) is 6.42 Å². The molecule has 1 rings (SSSR count). The lowest BCUT2D eigenvalue weighted by Crippen LogP contribution is -2.40. The van der Waals surface area contributed by atoms with Crippen molar-refractivity contribution in [2.75, 3.05) is 13.1 Å². The molecule has 1 aromatic carbocycles. The van der Waals surface area contributed by atoms with E-state index in [1.165, 1.54) is 0 Å². The molecule has 0 spiro atoms. The molecule has 1 aromatic rings. The molecule has 0 saturated carbocycles. The highest BCUT2D eigenvalue weighted by Crippen LogP contribution is 2.07. The van der Waals surface area contributed by atoms with Gasteiger partial charge in [0, 0.05) is 5.56 Å². The lowest BCUT2D eigenvalue weighted by atomic mass is 10.1. The SMILES string of the molecule is C/C(N)=N/N=C(\N)c1ccc(CC(=O)N(CC(=O)O)CC(=O)O)cc1. The van der Waals surface area contributed by atoms with E-state index in [-0.39, 0.29) is 18.1 Å². The average molecular weight is 349 g/mol. The summed E-state index contributed by atoms with van der Waals surface area (Å²) in [5, 5.41) is 24.9. The number of aliphatic carboxylic acids is 2. The van der Waals surface area contributed by atoms with Crippen LogP contribution in [0.15, 0.2) is 34.5 Å². The summed E-state index contributed by atoms with van der Waals surface area (Å²) >= 11 is 0. The number of carboxylic acid groups (broad SMARTS) is 2. The minimum Gasteiger partial charge on any atom is -0.480 e. The van der Waals surface area contributed by atoms with Crippen molar-refractivity contribution in [1.82, 2.24) is 4.90 Å². The summed E-state index contributed by atoms with van der Waals surface area (Å²) in [4.78, 5) is 34.3. The van der Waals surface area contributed by atoms with Crippen LogP contribution >= 0.6 is 0 Å². The highest BCUT2D eigenvalue weighted by atomic mass is 16.4. The van der Waals surface area contributed by atoms with E-state index in [0.29, 0.717) is 11.1 Å². The van der Waals surface area contributed by atoms with Gasteiger partial charge in [-0.3, -0.25) is 14.4 Å². The number of hydrogen-bond acceptors (Lipinski definition) is 5. The van der Waals surface area contributed by atoms with Crippen LogP contribution in [0.3, 0.4) is 0 Å². The quantitative estimate of drug-likeness (QED) is 0.271. The van der Waals surface area contributed by atoms with Crippen molar-refractivity contribution in [1.29, 1.82) is 0 Å². The van der Waals surface area contributed by atoms with Crippen molar-refractivity contribution in [3.8, 4) is 0 Å². The lowest BCUT2D eigenvalue weighted by molar-refractivity contribution is -0.149. The van der Waals surface area contributed by atoms with E-state index >= 15 is 0 Å². The zero-order chi connectivity index (χ0) is 19.0. The Morgan fingerprint density at radius 2 is 1.52 bits per heavy atom. The zero-order valence-corrected chi connectivity index (χ0v) is 13.5. The molecule has 1 amide bonds. The Morgan fingerprint density at radius 3 is 1.96 bits per heavy atom. The maximum Gasteiger partial charge on any atom is 0.323 e. The molecule has 0 radical (unpaired) electrons. The van der Waals surface area contributed by atoms with E-state index < -0.39 is 30.9 Å². The molecule has 25 heavy (non-hydrogen) atoms. The molecule has 0 heterocycles. The number of amidine groups is 2. The highest BCUT2D eigenvalue weighted by molar-refractivity contribution is 5.98. The summed E-state index contributed by atoms with van der Waals surface area (Å²) in [7, 11) is 0. The second-order valence-electron chi connectivity index (χ2n) is 5.14. The minimum absolute atomic E-state index is 0.140. The van der Waals surface area contributed by atoms with Crippen molar-refractivity contribution >= 4 is 29.5 Å². The first-order chi connectivity index (χ1) is 11.7. The molecule has 6 N–H and O–H groups in total. The van der Waals surface area contributed by atoms with E-state index in [9.17, 15) is 14.4 Å². The van der Waals surface area contributed by atoms with Gasteiger partial charge >= 0.3 is 11.9 Å². The predicted molar refractivity (Wildman–Crippen MR) is 90.0 cm³/mol. The fourth-order valence-electron chi connectivity index (χ4n) is 1.83. The minimum atomic E-state index is -1.29. The molecule has 0 aliphatic rings. The fraction of sp³-hybridized carbons (Fsp3) is 0.267. The number of nitrogens with two attached hydrogens (primary N) is 2. The van der Waals surface area contributed by atoms with E-state index in [2.05, 4.69) is 10.2 Å².